The minimum absolute atomic E-state index is 0.358. The number of alkyl halides is 1. The number of ether oxygens (including phenoxy) is 1. The monoisotopic (exact) mass is 312 g/mol. The number of hydrogen-bond acceptors (Lipinski definition) is 2. The van der Waals surface area contributed by atoms with Gasteiger partial charge in [0.2, 0.25) is 0 Å². The van der Waals surface area contributed by atoms with Crippen molar-refractivity contribution < 1.29 is 4.74 Å². The highest BCUT2D eigenvalue weighted by Gasteiger charge is 2.25. The van der Waals surface area contributed by atoms with Crippen molar-refractivity contribution in [1.29, 1.82) is 0 Å². The maximum atomic E-state index is 6.14. The van der Waals surface area contributed by atoms with Gasteiger partial charge >= 0.3 is 0 Å². The first-order valence-corrected chi connectivity index (χ1v) is 7.92. The van der Waals surface area contributed by atoms with Crippen molar-refractivity contribution in [2.75, 3.05) is 13.2 Å². The Morgan fingerprint density at radius 2 is 2.15 bits per heavy atom. The van der Waals surface area contributed by atoms with E-state index in [4.69, 9.17) is 27.9 Å². The first kappa shape index (κ1) is 14.2. The van der Waals surface area contributed by atoms with E-state index in [9.17, 15) is 0 Å². The molecule has 0 aliphatic carbocycles. The molecule has 0 spiro atoms. The summed E-state index contributed by atoms with van der Waals surface area (Å²) in [7, 11) is 0. The molecule has 1 fully saturated rings. The zero-order chi connectivity index (χ0) is 14.1. The first-order chi connectivity index (χ1) is 9.70. The van der Waals surface area contributed by atoms with Gasteiger partial charge in [-0.1, -0.05) is 11.6 Å². The summed E-state index contributed by atoms with van der Waals surface area (Å²) in [6.45, 7) is 3.94. The summed E-state index contributed by atoms with van der Waals surface area (Å²) in [6.07, 6.45) is 2.17. The molecule has 0 saturated carbocycles. The van der Waals surface area contributed by atoms with E-state index in [-0.39, 0.29) is 0 Å². The van der Waals surface area contributed by atoms with Gasteiger partial charge in [-0.05, 0) is 43.9 Å². The highest BCUT2D eigenvalue weighted by Crippen LogP contribution is 2.33. The van der Waals surface area contributed by atoms with Crippen LogP contribution in [0.4, 0.5) is 0 Å². The first-order valence-electron chi connectivity index (χ1n) is 7.00. The molecule has 2 heterocycles. The molecule has 0 amide bonds. The fourth-order valence-corrected chi connectivity index (χ4v) is 3.43. The molecule has 1 aromatic carbocycles. The molecule has 20 heavy (non-hydrogen) atoms. The number of rotatable bonds is 3. The molecule has 1 aliphatic rings. The average molecular weight is 313 g/mol. The van der Waals surface area contributed by atoms with E-state index in [1.165, 1.54) is 0 Å². The summed E-state index contributed by atoms with van der Waals surface area (Å²) in [5, 5.41) is 0.735. The topological polar surface area (TPSA) is 27.1 Å². The fourth-order valence-electron chi connectivity index (χ4n) is 3.07. The Morgan fingerprint density at radius 1 is 1.40 bits per heavy atom. The Kier molecular flexibility index (Phi) is 4.20. The lowest BCUT2D eigenvalue weighted by molar-refractivity contribution is 0.0516. The Morgan fingerprint density at radius 3 is 2.85 bits per heavy atom. The van der Waals surface area contributed by atoms with Gasteiger partial charge in [0.15, 0.2) is 0 Å². The Labute approximate surface area is 128 Å². The van der Waals surface area contributed by atoms with Crippen LogP contribution in [0.25, 0.3) is 11.0 Å². The number of benzene rings is 1. The van der Waals surface area contributed by atoms with Gasteiger partial charge in [-0.25, -0.2) is 4.98 Å². The fraction of sp³-hybridized carbons (Fsp3) is 0.533. The van der Waals surface area contributed by atoms with Crippen molar-refractivity contribution in [2.45, 2.75) is 31.7 Å². The molecule has 108 valence electrons. The lowest BCUT2D eigenvalue weighted by Crippen LogP contribution is -2.25. The van der Waals surface area contributed by atoms with E-state index in [1.807, 2.05) is 18.2 Å². The standard InChI is InChI=1S/C15H18Cl2N2O/c1-10(11-4-6-20-7-5-11)19-14-8-12(17)2-3-13(14)18-15(19)9-16/h2-3,8,10-11H,4-7,9H2,1H3. The van der Waals surface area contributed by atoms with E-state index in [2.05, 4.69) is 16.5 Å². The zero-order valence-corrected chi connectivity index (χ0v) is 13.0. The van der Waals surface area contributed by atoms with Gasteiger partial charge in [0.1, 0.15) is 5.82 Å². The third kappa shape index (κ3) is 2.54. The normalized spacial score (nSPS) is 18.6. The second-order valence-electron chi connectivity index (χ2n) is 5.36. The van der Waals surface area contributed by atoms with Crippen LogP contribution in [0.15, 0.2) is 18.2 Å². The molecule has 1 aliphatic heterocycles. The van der Waals surface area contributed by atoms with Crippen LogP contribution in [0.5, 0.6) is 0 Å². The Hall–Kier alpha value is -0.770. The second kappa shape index (κ2) is 5.92. The molecule has 0 N–H and O–H groups in total. The zero-order valence-electron chi connectivity index (χ0n) is 11.5. The van der Waals surface area contributed by atoms with Crippen molar-refractivity contribution in [3.8, 4) is 0 Å². The van der Waals surface area contributed by atoms with Gasteiger partial charge in [-0.15, -0.1) is 11.6 Å². The molecular formula is C15H18Cl2N2O. The van der Waals surface area contributed by atoms with Gasteiger partial charge in [-0.3, -0.25) is 0 Å². The van der Waals surface area contributed by atoms with Gasteiger partial charge in [0, 0.05) is 24.3 Å². The summed E-state index contributed by atoms with van der Waals surface area (Å²) in [5.41, 5.74) is 2.04. The summed E-state index contributed by atoms with van der Waals surface area (Å²) in [5.74, 6) is 1.94. The predicted octanol–water partition coefficient (Wildman–Crippen LogP) is 4.42. The van der Waals surface area contributed by atoms with Gasteiger partial charge < -0.3 is 9.30 Å². The van der Waals surface area contributed by atoms with Crippen molar-refractivity contribution in [3.63, 3.8) is 0 Å². The maximum absolute atomic E-state index is 6.14. The third-order valence-corrected chi connectivity index (χ3v) is 4.67. The maximum Gasteiger partial charge on any atom is 0.125 e. The van der Waals surface area contributed by atoms with E-state index >= 15 is 0 Å². The number of halogens is 2. The number of aromatic nitrogens is 2. The van der Waals surface area contributed by atoms with Crippen LogP contribution in [0, 0.1) is 5.92 Å². The highest BCUT2D eigenvalue weighted by molar-refractivity contribution is 6.31. The molecular weight excluding hydrogens is 295 g/mol. The van der Waals surface area contributed by atoms with Gasteiger partial charge in [0.25, 0.3) is 0 Å². The number of hydrogen-bond donors (Lipinski definition) is 0. The lowest BCUT2D eigenvalue weighted by atomic mass is 9.92. The van der Waals surface area contributed by atoms with Crippen LogP contribution < -0.4 is 0 Å². The molecule has 1 unspecified atom stereocenters. The lowest BCUT2D eigenvalue weighted by Gasteiger charge is -2.30. The smallest absolute Gasteiger partial charge is 0.125 e. The van der Waals surface area contributed by atoms with Crippen LogP contribution in [0.1, 0.15) is 31.6 Å². The molecule has 3 nitrogen and oxygen atoms in total. The second-order valence-corrected chi connectivity index (χ2v) is 6.06. The minimum atomic E-state index is 0.358. The Balaban J connectivity index is 2.05. The van der Waals surface area contributed by atoms with E-state index in [1.54, 1.807) is 0 Å². The largest absolute Gasteiger partial charge is 0.381 e. The average Bonchev–Trinajstić information content (AvgIpc) is 2.85. The minimum Gasteiger partial charge on any atom is -0.381 e. The molecule has 3 rings (SSSR count). The highest BCUT2D eigenvalue weighted by atomic mass is 35.5. The molecule has 0 radical (unpaired) electrons. The van der Waals surface area contributed by atoms with E-state index < -0.39 is 0 Å². The third-order valence-electron chi connectivity index (χ3n) is 4.20. The van der Waals surface area contributed by atoms with Crippen molar-refractivity contribution in [3.05, 3.63) is 29.0 Å². The van der Waals surface area contributed by atoms with E-state index in [0.29, 0.717) is 17.8 Å². The number of nitrogens with zero attached hydrogens (tertiary/aromatic N) is 2. The predicted molar refractivity (Wildman–Crippen MR) is 82.6 cm³/mol. The van der Waals surface area contributed by atoms with Crippen molar-refractivity contribution in [2.24, 2.45) is 5.92 Å². The van der Waals surface area contributed by atoms with Crippen LogP contribution in [-0.2, 0) is 10.6 Å². The van der Waals surface area contributed by atoms with Crippen LogP contribution in [0.2, 0.25) is 5.02 Å². The van der Waals surface area contributed by atoms with Crippen molar-refractivity contribution >= 4 is 34.2 Å². The quantitative estimate of drug-likeness (QED) is 0.785. The van der Waals surface area contributed by atoms with Crippen LogP contribution >= 0.6 is 23.2 Å². The Bertz CT molecular complexity index is 605. The number of fused-ring (bicyclic) bond motifs is 1. The van der Waals surface area contributed by atoms with Crippen LogP contribution in [0.3, 0.4) is 0 Å². The molecule has 2 aromatic rings. The van der Waals surface area contributed by atoms with E-state index in [0.717, 1.165) is 47.9 Å². The number of imidazole rings is 1. The summed E-state index contributed by atoms with van der Waals surface area (Å²) in [4.78, 5) is 4.63. The summed E-state index contributed by atoms with van der Waals surface area (Å²) >= 11 is 12.2. The SMILES string of the molecule is CC(C1CCOCC1)n1c(CCl)nc2ccc(Cl)cc21. The van der Waals surface area contributed by atoms with Crippen LogP contribution in [-0.4, -0.2) is 22.8 Å². The summed E-state index contributed by atoms with van der Waals surface area (Å²) < 4.78 is 7.71. The van der Waals surface area contributed by atoms with Crippen molar-refractivity contribution in [1.82, 2.24) is 9.55 Å². The van der Waals surface area contributed by atoms with Gasteiger partial charge in [-0.2, -0.15) is 0 Å². The summed E-state index contributed by atoms with van der Waals surface area (Å²) in [6, 6.07) is 6.17. The molecule has 1 aromatic heterocycles. The molecule has 1 saturated heterocycles. The molecule has 0 bridgehead atoms. The molecule has 1 atom stereocenters. The molecule has 5 heteroatoms. The van der Waals surface area contributed by atoms with Gasteiger partial charge in [0.05, 0.1) is 16.9 Å².